The Morgan fingerprint density at radius 3 is 2.57 bits per heavy atom. The van der Waals surface area contributed by atoms with Gasteiger partial charge in [0.05, 0.1) is 18.5 Å². The second-order valence-corrected chi connectivity index (χ2v) is 7.15. The molecule has 4 heteroatoms. The smallest absolute Gasteiger partial charge is 0.232 e. The fraction of sp³-hybridized carbons (Fsp3) is 0.167. The lowest BCUT2D eigenvalue weighted by Crippen LogP contribution is -2.10. The number of hydrogen-bond donors (Lipinski definition) is 1. The monoisotopic (exact) mass is 365 g/mol. The van der Waals surface area contributed by atoms with Crippen molar-refractivity contribution in [1.29, 1.82) is 5.26 Å². The van der Waals surface area contributed by atoms with Crippen molar-refractivity contribution in [2.75, 3.05) is 7.11 Å². The van der Waals surface area contributed by atoms with Crippen molar-refractivity contribution in [3.8, 4) is 34.5 Å². The summed E-state index contributed by atoms with van der Waals surface area (Å²) in [6.07, 6.45) is 1.77. The fourth-order valence-electron chi connectivity index (χ4n) is 4.36. The van der Waals surface area contributed by atoms with Crippen molar-refractivity contribution >= 4 is 10.9 Å². The van der Waals surface area contributed by atoms with Crippen molar-refractivity contribution in [3.05, 3.63) is 70.8 Å². The zero-order chi connectivity index (χ0) is 19.3. The van der Waals surface area contributed by atoms with Crippen LogP contribution >= 0.6 is 0 Å². The van der Waals surface area contributed by atoms with Crippen LogP contribution in [0.4, 0.5) is 0 Å². The molecule has 2 heterocycles. The number of aromatic amines is 1. The number of fused-ring (bicyclic) bond motifs is 5. The van der Waals surface area contributed by atoms with E-state index < -0.39 is 0 Å². The number of rotatable bonds is 2. The minimum atomic E-state index is 0.378. The number of aromatic nitrogens is 2. The Kier molecular flexibility index (Phi) is 3.70. The summed E-state index contributed by atoms with van der Waals surface area (Å²) in [5, 5.41) is 11.1. The molecule has 1 N–H and O–H groups in total. The quantitative estimate of drug-likeness (QED) is 0.532. The summed E-state index contributed by atoms with van der Waals surface area (Å²) in [6.45, 7) is 2.12. The van der Waals surface area contributed by atoms with Gasteiger partial charge in [0.25, 0.3) is 0 Å². The van der Waals surface area contributed by atoms with E-state index in [2.05, 4.69) is 36.2 Å². The molecule has 0 aliphatic heterocycles. The summed E-state index contributed by atoms with van der Waals surface area (Å²) < 4.78 is 5.53. The Bertz CT molecular complexity index is 1260. The van der Waals surface area contributed by atoms with E-state index in [0.29, 0.717) is 11.4 Å². The first kappa shape index (κ1) is 16.6. The Balaban J connectivity index is 1.88. The van der Waals surface area contributed by atoms with E-state index in [1.54, 1.807) is 7.11 Å². The average Bonchev–Trinajstić information content (AvgIpc) is 3.13. The first-order valence-corrected chi connectivity index (χ1v) is 9.40. The number of pyridine rings is 1. The van der Waals surface area contributed by atoms with Crippen LogP contribution in [0.2, 0.25) is 0 Å². The predicted molar refractivity (Wildman–Crippen MR) is 110 cm³/mol. The van der Waals surface area contributed by atoms with Gasteiger partial charge in [-0.3, -0.25) is 0 Å². The number of benzene rings is 2. The number of hydrogen-bond acceptors (Lipinski definition) is 3. The number of methoxy groups -OCH3 is 1. The molecule has 4 nitrogen and oxygen atoms in total. The van der Waals surface area contributed by atoms with Gasteiger partial charge < -0.3 is 9.72 Å². The molecule has 4 aromatic rings. The van der Waals surface area contributed by atoms with E-state index in [1.165, 1.54) is 16.5 Å². The molecule has 5 rings (SSSR count). The maximum absolute atomic E-state index is 9.86. The third kappa shape index (κ3) is 2.26. The van der Waals surface area contributed by atoms with Crippen LogP contribution in [0.15, 0.2) is 48.5 Å². The zero-order valence-electron chi connectivity index (χ0n) is 15.8. The lowest BCUT2D eigenvalue weighted by atomic mass is 9.85. The molecule has 0 bridgehead atoms. The predicted octanol–water partition coefficient (Wildman–Crippen LogP) is 5.18. The van der Waals surface area contributed by atoms with Crippen LogP contribution in [0.25, 0.3) is 33.4 Å². The molecule has 136 valence electrons. The Morgan fingerprint density at radius 1 is 1.04 bits per heavy atom. The minimum absolute atomic E-state index is 0.378. The summed E-state index contributed by atoms with van der Waals surface area (Å²) in [5.41, 5.74) is 9.19. The van der Waals surface area contributed by atoms with Gasteiger partial charge in [0.1, 0.15) is 11.6 Å². The number of aryl methyl sites for hydroxylation is 2. The van der Waals surface area contributed by atoms with Gasteiger partial charge in [0, 0.05) is 16.5 Å². The standard InChI is InChI=1S/C24H19N3O/c1-14-7-6-10-16-17-11-12-18-20(15-8-4-3-5-9-15)19(13-25)24(28-2)27-23(18)22(17)26-21(14)16/h3-10,26H,11-12H2,1-2H3. The topological polar surface area (TPSA) is 61.7 Å². The van der Waals surface area contributed by atoms with Crippen LogP contribution in [0.5, 0.6) is 5.88 Å². The van der Waals surface area contributed by atoms with E-state index in [-0.39, 0.29) is 0 Å². The SMILES string of the molecule is COc1nc2c(c(-c3ccccc3)c1C#N)CCc1c-2[nH]c2c(C)cccc12. The molecule has 0 saturated heterocycles. The van der Waals surface area contributed by atoms with Crippen LogP contribution < -0.4 is 4.74 Å². The molecule has 0 saturated carbocycles. The molecule has 0 unspecified atom stereocenters. The summed E-state index contributed by atoms with van der Waals surface area (Å²) in [7, 11) is 1.57. The lowest BCUT2D eigenvalue weighted by Gasteiger charge is -2.22. The Hall–Kier alpha value is -3.58. The second-order valence-electron chi connectivity index (χ2n) is 7.15. The molecular formula is C24H19N3O. The molecule has 1 aliphatic rings. The fourth-order valence-corrected chi connectivity index (χ4v) is 4.36. The van der Waals surface area contributed by atoms with E-state index >= 15 is 0 Å². The zero-order valence-corrected chi connectivity index (χ0v) is 15.8. The van der Waals surface area contributed by atoms with Gasteiger partial charge in [-0.05, 0) is 42.0 Å². The van der Waals surface area contributed by atoms with Gasteiger partial charge in [-0.1, -0.05) is 48.5 Å². The highest BCUT2D eigenvalue weighted by atomic mass is 16.5. The van der Waals surface area contributed by atoms with Gasteiger partial charge in [-0.2, -0.15) is 5.26 Å². The summed E-state index contributed by atoms with van der Waals surface area (Å²) in [6, 6.07) is 18.8. The van der Waals surface area contributed by atoms with Gasteiger partial charge >= 0.3 is 0 Å². The first-order chi connectivity index (χ1) is 13.7. The van der Waals surface area contributed by atoms with E-state index in [9.17, 15) is 5.26 Å². The minimum Gasteiger partial charge on any atom is -0.480 e. The van der Waals surface area contributed by atoms with E-state index in [1.807, 2.05) is 30.3 Å². The van der Waals surface area contributed by atoms with Crippen LogP contribution in [0, 0.1) is 18.3 Å². The molecule has 1 aliphatic carbocycles. The van der Waals surface area contributed by atoms with Gasteiger partial charge in [0.15, 0.2) is 0 Å². The maximum Gasteiger partial charge on any atom is 0.232 e. The molecule has 28 heavy (non-hydrogen) atoms. The molecule has 0 radical (unpaired) electrons. The van der Waals surface area contributed by atoms with E-state index in [0.717, 1.165) is 46.4 Å². The molecule has 0 spiro atoms. The molecule has 2 aromatic heterocycles. The Labute approximate surface area is 163 Å². The molecule has 2 aromatic carbocycles. The van der Waals surface area contributed by atoms with Crippen LogP contribution in [-0.4, -0.2) is 17.1 Å². The van der Waals surface area contributed by atoms with Crippen molar-refractivity contribution < 1.29 is 4.74 Å². The normalized spacial score (nSPS) is 12.3. The highest BCUT2D eigenvalue weighted by Crippen LogP contribution is 2.44. The third-order valence-electron chi connectivity index (χ3n) is 5.64. The lowest BCUT2D eigenvalue weighted by molar-refractivity contribution is 0.397. The summed E-state index contributed by atoms with van der Waals surface area (Å²) >= 11 is 0. The highest BCUT2D eigenvalue weighted by Gasteiger charge is 2.28. The number of nitriles is 1. The largest absolute Gasteiger partial charge is 0.480 e. The summed E-state index contributed by atoms with van der Waals surface area (Å²) in [4.78, 5) is 8.39. The number of para-hydroxylation sites is 1. The molecule has 0 atom stereocenters. The van der Waals surface area contributed by atoms with Crippen molar-refractivity contribution in [2.24, 2.45) is 0 Å². The molecule has 0 fully saturated rings. The highest BCUT2D eigenvalue weighted by molar-refractivity contribution is 5.95. The number of H-pyrrole nitrogens is 1. The number of nitrogens with one attached hydrogen (secondary N) is 1. The van der Waals surface area contributed by atoms with Gasteiger partial charge in [0.2, 0.25) is 5.88 Å². The Morgan fingerprint density at radius 2 is 1.82 bits per heavy atom. The van der Waals surface area contributed by atoms with Crippen molar-refractivity contribution in [3.63, 3.8) is 0 Å². The second kappa shape index (κ2) is 6.24. The first-order valence-electron chi connectivity index (χ1n) is 9.40. The van der Waals surface area contributed by atoms with Crippen LogP contribution in [-0.2, 0) is 12.8 Å². The molecular weight excluding hydrogens is 346 g/mol. The van der Waals surface area contributed by atoms with Gasteiger partial charge in [-0.25, -0.2) is 4.98 Å². The van der Waals surface area contributed by atoms with Crippen LogP contribution in [0.1, 0.15) is 22.3 Å². The summed E-state index contributed by atoms with van der Waals surface area (Å²) in [5.74, 6) is 0.378. The van der Waals surface area contributed by atoms with Crippen molar-refractivity contribution in [1.82, 2.24) is 9.97 Å². The number of ether oxygens (including phenoxy) is 1. The average molecular weight is 365 g/mol. The third-order valence-corrected chi connectivity index (χ3v) is 5.64. The van der Waals surface area contributed by atoms with E-state index in [4.69, 9.17) is 9.72 Å². The van der Waals surface area contributed by atoms with Gasteiger partial charge in [-0.15, -0.1) is 0 Å². The molecule has 0 amide bonds. The number of nitrogens with zero attached hydrogens (tertiary/aromatic N) is 2. The van der Waals surface area contributed by atoms with Crippen molar-refractivity contribution in [2.45, 2.75) is 19.8 Å². The van der Waals surface area contributed by atoms with Crippen LogP contribution in [0.3, 0.4) is 0 Å². The maximum atomic E-state index is 9.86.